The number of anilines is 1. The number of aliphatic imine (C=N–C) groups is 1. The Morgan fingerprint density at radius 3 is 2.93 bits per heavy atom. The molecule has 6 nitrogen and oxygen atoms in total. The van der Waals surface area contributed by atoms with Crippen molar-refractivity contribution >= 4 is 11.6 Å². The lowest BCUT2D eigenvalue weighted by atomic mass is 10.1. The zero-order chi connectivity index (χ0) is 20.1. The molecule has 160 valence electrons. The fraction of sp³-hybridized carbons (Fsp3) is 0.696. The molecule has 1 aromatic rings. The van der Waals surface area contributed by atoms with Gasteiger partial charge in [0.1, 0.15) is 0 Å². The van der Waals surface area contributed by atoms with Crippen LogP contribution in [0.15, 0.2) is 29.3 Å². The molecule has 3 fully saturated rings. The smallest absolute Gasteiger partial charge is 0.191 e. The molecular weight excluding hydrogens is 362 g/mol. The van der Waals surface area contributed by atoms with E-state index in [1.165, 1.54) is 56.6 Å². The van der Waals surface area contributed by atoms with Crippen molar-refractivity contribution < 1.29 is 4.74 Å². The predicted molar refractivity (Wildman–Crippen MR) is 120 cm³/mol. The Bertz CT molecular complexity index is 688. The number of fused-ring (bicyclic) bond motifs is 1. The molecule has 3 aliphatic rings. The molecular formula is C23H37N5O. The predicted octanol–water partition coefficient (Wildman–Crippen LogP) is 2.77. The number of hydrogen-bond donors (Lipinski definition) is 2. The summed E-state index contributed by atoms with van der Waals surface area (Å²) >= 11 is 0. The molecule has 6 heteroatoms. The van der Waals surface area contributed by atoms with Gasteiger partial charge in [0, 0.05) is 37.9 Å². The maximum Gasteiger partial charge on any atom is 0.191 e. The molecule has 0 saturated carbocycles. The van der Waals surface area contributed by atoms with Gasteiger partial charge in [0.15, 0.2) is 5.96 Å². The Morgan fingerprint density at radius 1 is 1.24 bits per heavy atom. The summed E-state index contributed by atoms with van der Waals surface area (Å²) < 4.78 is 6.07. The minimum atomic E-state index is 0.200. The summed E-state index contributed by atoms with van der Waals surface area (Å²) in [7, 11) is 0. The number of ether oxygens (including phenoxy) is 1. The normalized spacial score (nSPS) is 26.4. The summed E-state index contributed by atoms with van der Waals surface area (Å²) in [6.45, 7) is 11.3. The van der Waals surface area contributed by atoms with Crippen LogP contribution in [0.5, 0.6) is 0 Å². The third kappa shape index (κ3) is 5.23. The highest BCUT2D eigenvalue weighted by atomic mass is 16.5. The lowest BCUT2D eigenvalue weighted by Gasteiger charge is -2.34. The molecule has 3 atom stereocenters. The van der Waals surface area contributed by atoms with Crippen LogP contribution in [0.4, 0.5) is 5.69 Å². The molecule has 4 rings (SSSR count). The van der Waals surface area contributed by atoms with Crippen LogP contribution in [-0.4, -0.2) is 68.9 Å². The number of hydrogen-bond acceptors (Lipinski definition) is 4. The fourth-order valence-corrected chi connectivity index (χ4v) is 4.76. The maximum atomic E-state index is 6.07. The Labute approximate surface area is 175 Å². The number of benzene rings is 1. The minimum absolute atomic E-state index is 0.200. The van der Waals surface area contributed by atoms with Crippen molar-refractivity contribution in [1.29, 1.82) is 0 Å². The third-order valence-electron chi connectivity index (χ3n) is 6.45. The first-order valence-corrected chi connectivity index (χ1v) is 11.5. The number of guanidine groups is 1. The van der Waals surface area contributed by atoms with Crippen LogP contribution >= 0.6 is 0 Å². The first kappa shape index (κ1) is 20.5. The van der Waals surface area contributed by atoms with Gasteiger partial charge in [-0.1, -0.05) is 12.1 Å². The lowest BCUT2D eigenvalue weighted by molar-refractivity contribution is -0.0432. The third-order valence-corrected chi connectivity index (χ3v) is 6.45. The van der Waals surface area contributed by atoms with Crippen molar-refractivity contribution in [3.05, 3.63) is 29.8 Å². The van der Waals surface area contributed by atoms with E-state index in [1.54, 1.807) is 0 Å². The zero-order valence-electron chi connectivity index (χ0n) is 18.1. The zero-order valence-corrected chi connectivity index (χ0v) is 18.1. The van der Waals surface area contributed by atoms with Crippen LogP contribution in [-0.2, 0) is 4.74 Å². The summed E-state index contributed by atoms with van der Waals surface area (Å²) in [5.74, 6) is 0.874. The van der Waals surface area contributed by atoms with E-state index in [1.807, 2.05) is 0 Å². The second kappa shape index (κ2) is 9.81. The molecule has 0 spiro atoms. The van der Waals surface area contributed by atoms with E-state index in [9.17, 15) is 0 Å². The fourth-order valence-electron chi connectivity index (χ4n) is 4.76. The van der Waals surface area contributed by atoms with E-state index in [2.05, 4.69) is 58.5 Å². The molecule has 0 bridgehead atoms. The van der Waals surface area contributed by atoms with Gasteiger partial charge in [-0.25, -0.2) is 0 Å². The SMILES string of the molecule is CCNC(=NCC1CN2CCCC2CO1)NC(C)c1cccc(N2CCCC2)c1. The second-order valence-electron chi connectivity index (χ2n) is 8.62. The van der Waals surface area contributed by atoms with Gasteiger partial charge in [-0.3, -0.25) is 9.89 Å². The van der Waals surface area contributed by atoms with Crippen molar-refractivity contribution in [1.82, 2.24) is 15.5 Å². The largest absolute Gasteiger partial charge is 0.373 e. The Kier molecular flexibility index (Phi) is 6.93. The van der Waals surface area contributed by atoms with Crippen molar-refractivity contribution in [2.24, 2.45) is 4.99 Å². The molecule has 29 heavy (non-hydrogen) atoms. The molecule has 0 aromatic heterocycles. The van der Waals surface area contributed by atoms with Crippen LogP contribution in [0.2, 0.25) is 0 Å². The first-order chi connectivity index (χ1) is 14.2. The van der Waals surface area contributed by atoms with Crippen LogP contribution in [0.25, 0.3) is 0 Å². The Balaban J connectivity index is 1.35. The number of morpholine rings is 1. The quantitative estimate of drug-likeness (QED) is 0.569. The number of rotatable bonds is 6. The molecule has 0 aliphatic carbocycles. The van der Waals surface area contributed by atoms with Gasteiger partial charge in [0.25, 0.3) is 0 Å². The van der Waals surface area contributed by atoms with Gasteiger partial charge in [-0.15, -0.1) is 0 Å². The molecule has 3 heterocycles. The van der Waals surface area contributed by atoms with Crippen LogP contribution in [0.3, 0.4) is 0 Å². The molecule has 1 aromatic carbocycles. The summed E-state index contributed by atoms with van der Waals surface area (Å²) in [6.07, 6.45) is 5.40. The van der Waals surface area contributed by atoms with Gasteiger partial charge in [0.05, 0.1) is 25.3 Å². The highest BCUT2D eigenvalue weighted by molar-refractivity contribution is 5.80. The van der Waals surface area contributed by atoms with Crippen LogP contribution in [0.1, 0.15) is 51.1 Å². The molecule has 0 radical (unpaired) electrons. The number of nitrogens with zero attached hydrogens (tertiary/aromatic N) is 3. The van der Waals surface area contributed by atoms with Gasteiger partial charge in [-0.2, -0.15) is 0 Å². The van der Waals surface area contributed by atoms with Gasteiger partial charge < -0.3 is 20.3 Å². The van der Waals surface area contributed by atoms with Crippen molar-refractivity contribution in [2.45, 2.75) is 57.7 Å². The van der Waals surface area contributed by atoms with Crippen LogP contribution < -0.4 is 15.5 Å². The minimum Gasteiger partial charge on any atom is -0.373 e. The van der Waals surface area contributed by atoms with Gasteiger partial charge in [-0.05, 0) is 63.8 Å². The molecule has 3 unspecified atom stereocenters. The van der Waals surface area contributed by atoms with Crippen molar-refractivity contribution in [3.63, 3.8) is 0 Å². The van der Waals surface area contributed by atoms with E-state index in [0.29, 0.717) is 12.6 Å². The summed E-state index contributed by atoms with van der Waals surface area (Å²) in [4.78, 5) is 9.92. The van der Waals surface area contributed by atoms with Crippen molar-refractivity contribution in [3.8, 4) is 0 Å². The van der Waals surface area contributed by atoms with E-state index >= 15 is 0 Å². The molecule has 3 saturated heterocycles. The first-order valence-electron chi connectivity index (χ1n) is 11.5. The maximum absolute atomic E-state index is 6.07. The van der Waals surface area contributed by atoms with Gasteiger partial charge in [0.2, 0.25) is 0 Å². The number of nitrogens with one attached hydrogen (secondary N) is 2. The summed E-state index contributed by atoms with van der Waals surface area (Å²) in [6, 6.07) is 9.78. The summed E-state index contributed by atoms with van der Waals surface area (Å²) in [5.41, 5.74) is 2.64. The average molecular weight is 400 g/mol. The standard InChI is InChI=1S/C23H37N5O/c1-3-24-23(25-15-22-16-28-13-7-10-21(28)17-29-22)26-18(2)19-8-6-9-20(14-19)27-11-4-5-12-27/h6,8-9,14,18,21-22H,3-5,7,10-13,15-17H2,1-2H3,(H2,24,25,26). The van der Waals surface area contributed by atoms with Crippen LogP contribution in [0, 0.1) is 0 Å². The van der Waals surface area contributed by atoms with E-state index in [4.69, 9.17) is 9.73 Å². The highest BCUT2D eigenvalue weighted by Gasteiger charge is 2.32. The van der Waals surface area contributed by atoms with E-state index in [-0.39, 0.29) is 12.1 Å². The monoisotopic (exact) mass is 399 g/mol. The molecule has 3 aliphatic heterocycles. The summed E-state index contributed by atoms with van der Waals surface area (Å²) in [5, 5.41) is 6.99. The van der Waals surface area contributed by atoms with E-state index < -0.39 is 0 Å². The average Bonchev–Trinajstić information content (AvgIpc) is 3.44. The highest BCUT2D eigenvalue weighted by Crippen LogP contribution is 2.24. The van der Waals surface area contributed by atoms with Crippen molar-refractivity contribution in [2.75, 3.05) is 50.8 Å². The Hall–Kier alpha value is -1.79. The van der Waals surface area contributed by atoms with E-state index in [0.717, 1.165) is 25.7 Å². The topological polar surface area (TPSA) is 52.1 Å². The molecule has 2 N–H and O–H groups in total. The molecule has 0 amide bonds. The Morgan fingerprint density at radius 2 is 2.10 bits per heavy atom. The lowest BCUT2D eigenvalue weighted by Crippen LogP contribution is -2.47. The second-order valence-corrected chi connectivity index (χ2v) is 8.62. The van der Waals surface area contributed by atoms with Gasteiger partial charge >= 0.3 is 0 Å².